The molecular weight excluding hydrogens is 293 g/mol. The number of aromatic nitrogens is 1. The molecule has 7 heteroatoms. The van der Waals surface area contributed by atoms with Gasteiger partial charge in [-0.1, -0.05) is 15.9 Å². The molecule has 0 saturated carbocycles. The second kappa shape index (κ2) is 4.79. The van der Waals surface area contributed by atoms with E-state index in [1.165, 1.54) is 12.3 Å². The van der Waals surface area contributed by atoms with Gasteiger partial charge in [-0.2, -0.15) is 0 Å². The lowest BCUT2D eigenvalue weighted by Crippen LogP contribution is -2.50. The molecule has 2 heterocycles. The summed E-state index contributed by atoms with van der Waals surface area (Å²) < 4.78 is 13.9. The number of alkyl halides is 1. The Morgan fingerprint density at radius 3 is 2.94 bits per heavy atom. The Kier molecular flexibility index (Phi) is 3.37. The third-order valence-electron chi connectivity index (χ3n) is 2.40. The smallest absolute Gasteiger partial charge is 0.278 e. The molecule has 0 spiro atoms. The molecule has 0 aliphatic carbocycles. The van der Waals surface area contributed by atoms with Crippen molar-refractivity contribution in [2.75, 3.05) is 11.4 Å². The Balaban J connectivity index is 2.34. The molecule has 1 aromatic rings. The van der Waals surface area contributed by atoms with E-state index in [0.29, 0.717) is 10.9 Å². The number of carbonyl (C=O) groups excluding carboxylic acids is 2. The quantitative estimate of drug-likeness (QED) is 0.843. The summed E-state index contributed by atoms with van der Waals surface area (Å²) in [6.45, 7) is 0.139. The van der Waals surface area contributed by atoms with Gasteiger partial charge in [0.2, 0.25) is 5.91 Å². The van der Waals surface area contributed by atoms with Crippen LogP contribution in [0.4, 0.5) is 15.0 Å². The van der Waals surface area contributed by atoms with Crippen LogP contribution in [-0.4, -0.2) is 23.5 Å². The molecule has 2 rings (SSSR count). The van der Waals surface area contributed by atoms with Crippen LogP contribution >= 0.6 is 15.9 Å². The topological polar surface area (TPSA) is 62.3 Å². The molecule has 1 saturated heterocycles. The van der Waals surface area contributed by atoms with Crippen LogP contribution in [0.15, 0.2) is 12.3 Å². The van der Waals surface area contributed by atoms with Crippen LogP contribution < -0.4 is 10.2 Å². The van der Waals surface area contributed by atoms with Crippen LogP contribution in [0.25, 0.3) is 0 Å². The van der Waals surface area contributed by atoms with E-state index in [9.17, 15) is 14.0 Å². The first-order chi connectivity index (χ1) is 8.13. The summed E-state index contributed by atoms with van der Waals surface area (Å²) in [4.78, 5) is 27.5. The van der Waals surface area contributed by atoms with Crippen molar-refractivity contribution in [1.29, 1.82) is 0 Å². The van der Waals surface area contributed by atoms with Crippen LogP contribution in [0.3, 0.4) is 0 Å². The van der Waals surface area contributed by atoms with Crippen molar-refractivity contribution < 1.29 is 14.0 Å². The fourth-order valence-corrected chi connectivity index (χ4v) is 1.96. The number of nitrogens with one attached hydrogen (secondary N) is 1. The molecule has 1 aliphatic rings. The molecule has 90 valence electrons. The van der Waals surface area contributed by atoms with Gasteiger partial charge in [-0.15, -0.1) is 0 Å². The predicted molar refractivity (Wildman–Crippen MR) is 62.3 cm³/mol. The summed E-state index contributed by atoms with van der Waals surface area (Å²) in [5, 5.41) is 2.46. The number of anilines is 1. The van der Waals surface area contributed by atoms with Crippen molar-refractivity contribution in [2.24, 2.45) is 0 Å². The van der Waals surface area contributed by atoms with Gasteiger partial charge in [-0.3, -0.25) is 15.0 Å². The van der Waals surface area contributed by atoms with E-state index < -0.39 is 11.8 Å². The Morgan fingerprint density at radius 2 is 2.29 bits per heavy atom. The van der Waals surface area contributed by atoms with Crippen molar-refractivity contribution in [2.45, 2.75) is 11.8 Å². The maximum Gasteiger partial charge on any atom is 0.329 e. The van der Waals surface area contributed by atoms with E-state index in [1.54, 1.807) is 0 Å². The minimum Gasteiger partial charge on any atom is -0.278 e. The van der Waals surface area contributed by atoms with Gasteiger partial charge < -0.3 is 0 Å². The lowest BCUT2D eigenvalue weighted by atomic mass is 10.2. The number of rotatable bonds is 2. The molecule has 0 radical (unpaired) electrons. The van der Waals surface area contributed by atoms with Crippen LogP contribution in [0.2, 0.25) is 0 Å². The Bertz CT molecular complexity index is 481. The second-order valence-electron chi connectivity index (χ2n) is 3.50. The van der Waals surface area contributed by atoms with Crippen LogP contribution in [-0.2, 0) is 10.1 Å². The normalized spacial score (nSPS) is 16.0. The van der Waals surface area contributed by atoms with Gasteiger partial charge in [0.15, 0.2) is 11.6 Å². The highest BCUT2D eigenvalue weighted by Crippen LogP contribution is 2.22. The molecule has 0 unspecified atom stereocenters. The number of pyridine rings is 1. The highest BCUT2D eigenvalue weighted by Gasteiger charge is 2.27. The Morgan fingerprint density at radius 1 is 1.53 bits per heavy atom. The standard InChI is InChI=1S/C10H9BrFN3O2/c11-5-6-1-3-13-9(8(6)12)15-4-2-7(16)14-10(15)17/h1,3H,2,4-5H2,(H,14,16,17). The molecule has 17 heavy (non-hydrogen) atoms. The fraction of sp³-hybridized carbons (Fsp3) is 0.300. The average Bonchev–Trinajstić information content (AvgIpc) is 2.30. The van der Waals surface area contributed by atoms with Crippen LogP contribution in [0.1, 0.15) is 12.0 Å². The van der Waals surface area contributed by atoms with Crippen molar-refractivity contribution >= 4 is 33.7 Å². The minimum absolute atomic E-state index is 0.0491. The second-order valence-corrected chi connectivity index (χ2v) is 4.06. The largest absolute Gasteiger partial charge is 0.329 e. The van der Waals surface area contributed by atoms with E-state index in [0.717, 1.165) is 4.90 Å². The molecule has 1 N–H and O–H groups in total. The van der Waals surface area contributed by atoms with E-state index >= 15 is 0 Å². The summed E-state index contributed by atoms with van der Waals surface area (Å²) in [6.07, 6.45) is 1.57. The number of hydrogen-bond acceptors (Lipinski definition) is 3. The van der Waals surface area contributed by atoms with Crippen molar-refractivity contribution in [3.8, 4) is 0 Å². The molecule has 0 aromatic carbocycles. The van der Waals surface area contributed by atoms with Crippen LogP contribution in [0.5, 0.6) is 0 Å². The van der Waals surface area contributed by atoms with Gasteiger partial charge in [0.05, 0.1) is 0 Å². The Labute approximate surface area is 105 Å². The average molecular weight is 302 g/mol. The first-order valence-corrected chi connectivity index (χ1v) is 6.06. The summed E-state index contributed by atoms with van der Waals surface area (Å²) in [5.74, 6) is -0.955. The van der Waals surface area contributed by atoms with Crippen molar-refractivity contribution in [1.82, 2.24) is 10.3 Å². The molecule has 1 fully saturated rings. The number of carbonyl (C=O) groups is 2. The van der Waals surface area contributed by atoms with Crippen molar-refractivity contribution in [3.05, 3.63) is 23.6 Å². The third-order valence-corrected chi connectivity index (χ3v) is 3.01. The van der Waals surface area contributed by atoms with Gasteiger partial charge in [-0.25, -0.2) is 14.2 Å². The molecule has 5 nitrogen and oxygen atoms in total. The maximum atomic E-state index is 13.9. The van der Waals surface area contributed by atoms with Gasteiger partial charge in [0.25, 0.3) is 0 Å². The van der Waals surface area contributed by atoms with Gasteiger partial charge >= 0.3 is 6.03 Å². The highest BCUT2D eigenvalue weighted by atomic mass is 79.9. The minimum atomic E-state index is -0.639. The van der Waals surface area contributed by atoms with E-state index in [2.05, 4.69) is 26.2 Å². The van der Waals surface area contributed by atoms with E-state index in [1.807, 2.05) is 0 Å². The number of nitrogens with zero attached hydrogens (tertiary/aromatic N) is 2. The van der Waals surface area contributed by atoms with Gasteiger partial charge in [-0.05, 0) is 6.07 Å². The van der Waals surface area contributed by atoms with Crippen molar-refractivity contribution in [3.63, 3.8) is 0 Å². The maximum absolute atomic E-state index is 13.9. The molecule has 0 atom stereocenters. The monoisotopic (exact) mass is 301 g/mol. The first kappa shape index (κ1) is 12.0. The lowest BCUT2D eigenvalue weighted by Gasteiger charge is -2.26. The number of imide groups is 1. The third kappa shape index (κ3) is 2.28. The molecular formula is C10H9BrFN3O2. The summed E-state index contributed by atoms with van der Waals surface area (Å²) >= 11 is 3.15. The first-order valence-electron chi connectivity index (χ1n) is 4.94. The van der Waals surface area contributed by atoms with Gasteiger partial charge in [0, 0.05) is 30.1 Å². The SMILES string of the molecule is O=C1CCN(c2nccc(CBr)c2F)C(=O)N1. The fourth-order valence-electron chi connectivity index (χ4n) is 1.53. The number of halogens is 2. The zero-order chi connectivity index (χ0) is 12.4. The molecule has 0 bridgehead atoms. The number of urea groups is 1. The highest BCUT2D eigenvalue weighted by molar-refractivity contribution is 9.08. The van der Waals surface area contributed by atoms with E-state index in [4.69, 9.17) is 0 Å². The molecule has 3 amide bonds. The predicted octanol–water partition coefficient (Wildman–Crippen LogP) is 1.56. The summed E-state index contributed by atoms with van der Waals surface area (Å²) in [5.41, 5.74) is 0.416. The Hall–Kier alpha value is -1.50. The van der Waals surface area contributed by atoms with Gasteiger partial charge in [0.1, 0.15) is 0 Å². The summed E-state index contributed by atoms with van der Waals surface area (Å²) in [6, 6.07) is 0.889. The van der Waals surface area contributed by atoms with E-state index in [-0.39, 0.29) is 24.7 Å². The number of hydrogen-bond donors (Lipinski definition) is 1. The number of amides is 3. The molecule has 1 aromatic heterocycles. The van der Waals surface area contributed by atoms with Crippen LogP contribution in [0, 0.1) is 5.82 Å². The summed E-state index contributed by atoms with van der Waals surface area (Å²) in [7, 11) is 0. The molecule has 1 aliphatic heterocycles. The zero-order valence-corrected chi connectivity index (χ0v) is 10.3. The lowest BCUT2D eigenvalue weighted by molar-refractivity contribution is -0.120. The zero-order valence-electron chi connectivity index (χ0n) is 8.74.